The molecule has 0 aliphatic carbocycles. The van der Waals surface area contributed by atoms with Gasteiger partial charge in [-0.3, -0.25) is 5.41 Å². The number of nitrogens with one attached hydrogen (secondary N) is 1. The number of hydrogen-bond donors (Lipinski definition) is 2. The molecular weight excluding hydrogens is 178 g/mol. The lowest BCUT2D eigenvalue weighted by Gasteiger charge is -2.08. The van der Waals surface area contributed by atoms with E-state index in [0.717, 1.165) is 5.56 Å². The minimum Gasteiger partial charge on any atom is -0.384 e. The maximum absolute atomic E-state index is 7.00. The minimum atomic E-state index is 0.0155. The van der Waals surface area contributed by atoms with Gasteiger partial charge in [-0.2, -0.15) is 0 Å². The molecule has 0 spiro atoms. The maximum atomic E-state index is 7.00. The standard InChI is InChI=1S/C9H13N5/c1-14(2)9-12-5-7(6-13-9)3-4-8(10)11/h3-6H,1-2H3,(H3,10,11)/b4-3+. The van der Waals surface area contributed by atoms with Gasteiger partial charge in [0.1, 0.15) is 5.84 Å². The summed E-state index contributed by atoms with van der Waals surface area (Å²) in [5.74, 6) is 0.673. The van der Waals surface area contributed by atoms with Gasteiger partial charge < -0.3 is 10.6 Å². The predicted octanol–water partition coefficient (Wildman–Crippen LogP) is 0.492. The minimum absolute atomic E-state index is 0.0155. The maximum Gasteiger partial charge on any atom is 0.224 e. The third-order valence-electron chi connectivity index (χ3n) is 1.51. The van der Waals surface area contributed by atoms with E-state index in [1.807, 2.05) is 19.0 Å². The number of amidine groups is 1. The molecule has 5 heteroatoms. The molecule has 0 radical (unpaired) electrons. The van der Waals surface area contributed by atoms with Crippen molar-refractivity contribution in [3.8, 4) is 0 Å². The molecule has 1 rings (SSSR count). The largest absolute Gasteiger partial charge is 0.384 e. The topological polar surface area (TPSA) is 78.9 Å². The monoisotopic (exact) mass is 191 g/mol. The molecule has 1 aromatic heterocycles. The van der Waals surface area contributed by atoms with Gasteiger partial charge in [0, 0.05) is 32.1 Å². The molecule has 0 atom stereocenters. The molecule has 0 saturated heterocycles. The van der Waals surface area contributed by atoms with Crippen LogP contribution in [0.1, 0.15) is 5.56 Å². The van der Waals surface area contributed by atoms with Crippen LogP contribution in [0.2, 0.25) is 0 Å². The molecule has 3 N–H and O–H groups in total. The number of nitrogens with zero attached hydrogens (tertiary/aromatic N) is 3. The van der Waals surface area contributed by atoms with Crippen molar-refractivity contribution in [1.29, 1.82) is 5.41 Å². The summed E-state index contributed by atoms with van der Waals surface area (Å²) in [5.41, 5.74) is 5.99. The molecule has 74 valence electrons. The average Bonchev–Trinajstić information content (AvgIpc) is 2.15. The number of rotatable bonds is 3. The second-order valence-corrected chi connectivity index (χ2v) is 3.00. The highest BCUT2D eigenvalue weighted by Crippen LogP contribution is 2.03. The van der Waals surface area contributed by atoms with Gasteiger partial charge in [0.2, 0.25) is 5.95 Å². The molecule has 0 bridgehead atoms. The molecule has 0 saturated carbocycles. The second-order valence-electron chi connectivity index (χ2n) is 3.00. The first-order valence-electron chi connectivity index (χ1n) is 4.11. The quantitative estimate of drug-likeness (QED) is 0.538. The highest BCUT2D eigenvalue weighted by atomic mass is 15.2. The summed E-state index contributed by atoms with van der Waals surface area (Å²) in [6, 6.07) is 0. The fourth-order valence-corrected chi connectivity index (χ4v) is 0.834. The molecule has 0 aliphatic rings. The number of aromatic nitrogens is 2. The van der Waals surface area contributed by atoms with Gasteiger partial charge in [-0.1, -0.05) is 0 Å². The van der Waals surface area contributed by atoms with E-state index in [4.69, 9.17) is 11.1 Å². The molecular formula is C9H13N5. The van der Waals surface area contributed by atoms with E-state index in [1.165, 1.54) is 6.08 Å². The zero-order valence-corrected chi connectivity index (χ0v) is 8.23. The Labute approximate surface area is 82.8 Å². The lowest BCUT2D eigenvalue weighted by molar-refractivity contribution is 0.996. The van der Waals surface area contributed by atoms with Crippen molar-refractivity contribution < 1.29 is 0 Å². The highest BCUT2D eigenvalue weighted by molar-refractivity contribution is 5.92. The first-order chi connectivity index (χ1) is 6.59. The molecule has 0 aromatic carbocycles. The number of nitrogens with two attached hydrogens (primary N) is 1. The van der Waals surface area contributed by atoms with Gasteiger partial charge in [-0.25, -0.2) is 9.97 Å². The van der Waals surface area contributed by atoms with E-state index < -0.39 is 0 Å². The van der Waals surface area contributed by atoms with E-state index in [-0.39, 0.29) is 5.84 Å². The molecule has 5 nitrogen and oxygen atoms in total. The Bertz CT molecular complexity index is 339. The third kappa shape index (κ3) is 2.85. The average molecular weight is 191 g/mol. The molecule has 0 unspecified atom stereocenters. The van der Waals surface area contributed by atoms with Gasteiger partial charge in [-0.15, -0.1) is 0 Å². The van der Waals surface area contributed by atoms with Crippen LogP contribution in [0.3, 0.4) is 0 Å². The molecule has 0 fully saturated rings. The van der Waals surface area contributed by atoms with Gasteiger partial charge in [0.15, 0.2) is 0 Å². The van der Waals surface area contributed by atoms with Gasteiger partial charge in [-0.05, 0) is 12.2 Å². The van der Waals surface area contributed by atoms with Crippen LogP contribution in [0.25, 0.3) is 6.08 Å². The van der Waals surface area contributed by atoms with Gasteiger partial charge in [0.25, 0.3) is 0 Å². The van der Waals surface area contributed by atoms with Crippen molar-refractivity contribution in [2.45, 2.75) is 0 Å². The van der Waals surface area contributed by atoms with Crippen LogP contribution in [-0.4, -0.2) is 29.9 Å². The summed E-state index contributed by atoms with van der Waals surface area (Å²) in [4.78, 5) is 10.0. The Morgan fingerprint density at radius 2 is 2.00 bits per heavy atom. The molecule has 1 heterocycles. The van der Waals surface area contributed by atoms with Crippen LogP contribution in [0.5, 0.6) is 0 Å². The van der Waals surface area contributed by atoms with E-state index in [0.29, 0.717) is 5.95 Å². The Morgan fingerprint density at radius 3 is 2.43 bits per heavy atom. The Balaban J connectivity index is 2.78. The summed E-state index contributed by atoms with van der Waals surface area (Å²) < 4.78 is 0. The summed E-state index contributed by atoms with van der Waals surface area (Å²) in [5, 5.41) is 7.00. The van der Waals surface area contributed by atoms with Crippen molar-refractivity contribution >= 4 is 17.9 Å². The first kappa shape index (κ1) is 10.2. The van der Waals surface area contributed by atoms with Crippen LogP contribution in [-0.2, 0) is 0 Å². The van der Waals surface area contributed by atoms with Crippen LogP contribution in [0, 0.1) is 5.41 Å². The van der Waals surface area contributed by atoms with E-state index in [2.05, 4.69) is 9.97 Å². The van der Waals surface area contributed by atoms with Crippen molar-refractivity contribution in [1.82, 2.24) is 9.97 Å². The highest BCUT2D eigenvalue weighted by Gasteiger charge is 1.96. The summed E-state index contributed by atoms with van der Waals surface area (Å²) in [7, 11) is 3.75. The normalized spacial score (nSPS) is 10.4. The molecule has 0 aliphatic heterocycles. The molecule has 0 amide bonds. The Kier molecular flexibility index (Phi) is 3.17. The molecule has 14 heavy (non-hydrogen) atoms. The number of hydrogen-bond acceptors (Lipinski definition) is 4. The fraction of sp³-hybridized carbons (Fsp3) is 0.222. The smallest absolute Gasteiger partial charge is 0.224 e. The van der Waals surface area contributed by atoms with Crippen molar-refractivity contribution in [3.63, 3.8) is 0 Å². The summed E-state index contributed by atoms with van der Waals surface area (Å²) in [6.45, 7) is 0. The Hall–Kier alpha value is -1.91. The van der Waals surface area contributed by atoms with Crippen LogP contribution < -0.4 is 10.6 Å². The predicted molar refractivity (Wildman–Crippen MR) is 57.3 cm³/mol. The van der Waals surface area contributed by atoms with E-state index >= 15 is 0 Å². The van der Waals surface area contributed by atoms with Gasteiger partial charge in [0.05, 0.1) is 0 Å². The van der Waals surface area contributed by atoms with Crippen LogP contribution >= 0.6 is 0 Å². The van der Waals surface area contributed by atoms with Crippen LogP contribution in [0.4, 0.5) is 5.95 Å². The second kappa shape index (κ2) is 4.36. The number of anilines is 1. The van der Waals surface area contributed by atoms with E-state index in [1.54, 1.807) is 18.5 Å². The SMILES string of the molecule is CN(C)c1ncc(/C=C/C(=N)N)cn1. The summed E-state index contributed by atoms with van der Waals surface area (Å²) in [6.07, 6.45) is 6.55. The first-order valence-corrected chi connectivity index (χ1v) is 4.11. The lowest BCUT2D eigenvalue weighted by atomic mass is 10.3. The molecule has 1 aromatic rings. The van der Waals surface area contributed by atoms with Gasteiger partial charge >= 0.3 is 0 Å². The van der Waals surface area contributed by atoms with Crippen molar-refractivity contribution in [2.24, 2.45) is 5.73 Å². The zero-order valence-electron chi connectivity index (χ0n) is 8.23. The van der Waals surface area contributed by atoms with E-state index in [9.17, 15) is 0 Å². The third-order valence-corrected chi connectivity index (χ3v) is 1.51. The lowest BCUT2D eigenvalue weighted by Crippen LogP contribution is -2.12. The van der Waals surface area contributed by atoms with Crippen LogP contribution in [0.15, 0.2) is 18.5 Å². The Morgan fingerprint density at radius 1 is 1.43 bits per heavy atom. The van der Waals surface area contributed by atoms with Crippen molar-refractivity contribution in [3.05, 3.63) is 24.0 Å². The zero-order chi connectivity index (χ0) is 10.6. The fourth-order valence-electron chi connectivity index (χ4n) is 0.834. The summed E-state index contributed by atoms with van der Waals surface area (Å²) >= 11 is 0. The van der Waals surface area contributed by atoms with Crippen molar-refractivity contribution in [2.75, 3.05) is 19.0 Å².